The molecule has 12 saturated carbocycles. The number of nitrogens with two attached hydrogens (primary N) is 2. The number of carbonyl (C=O) groups excluding carboxylic acids is 10. The monoisotopic (exact) mass is 1890 g/mol. The van der Waals surface area contributed by atoms with Crippen LogP contribution in [-0.4, -0.2) is 204 Å². The van der Waals surface area contributed by atoms with Crippen LogP contribution in [0, 0.1) is 49.7 Å². The summed E-state index contributed by atoms with van der Waals surface area (Å²) < 4.78 is 0. The number of amides is 4. The number of aliphatic hydroxyl groups excluding tert-OH is 3. The second kappa shape index (κ2) is 49.4. The average molecular weight is 1890 g/mol. The van der Waals surface area contributed by atoms with Crippen molar-refractivity contribution in [2.24, 2.45) is 61.2 Å². The summed E-state index contributed by atoms with van der Waals surface area (Å²) in [6, 6.07) is 41.8. The van der Waals surface area contributed by atoms with E-state index >= 15 is 0 Å². The Hall–Kier alpha value is -7.78. The Labute approximate surface area is 810 Å². The summed E-state index contributed by atoms with van der Waals surface area (Å²) in [7, 11) is 4.06. The van der Waals surface area contributed by atoms with Crippen LogP contribution in [0.4, 0.5) is 0 Å². The van der Waals surface area contributed by atoms with Crippen LogP contribution < -0.4 is 16.8 Å². The molecule has 0 aromatic heterocycles. The molecule has 2 aliphatic heterocycles. The number of nitrogens with zero attached hydrogens (tertiary/aromatic N) is 5. The third-order valence-electron chi connectivity index (χ3n) is 34.7. The molecule has 12 aliphatic carbocycles. The third kappa shape index (κ3) is 27.3. The zero-order valence-corrected chi connectivity index (χ0v) is 82.2. The van der Waals surface area contributed by atoms with E-state index in [1.54, 1.807) is 18.7 Å². The molecule has 135 heavy (non-hydrogen) atoms. The van der Waals surface area contributed by atoms with E-state index in [0.29, 0.717) is 66.6 Å². The number of carbonyl (C=O) groups is 11. The predicted octanol–water partition coefficient (Wildman–Crippen LogP) is 16.7. The number of benzene rings is 4. The van der Waals surface area contributed by atoms with Crippen molar-refractivity contribution in [2.75, 3.05) is 33.7 Å². The number of hydrogen-bond acceptors (Lipinski definition) is 19. The molecular formula is C110H163ClN8O16. The zero-order valence-electron chi connectivity index (χ0n) is 81.4. The largest absolute Gasteiger partial charge is 0.481 e. The molecule has 9 N–H and O–H groups in total. The highest BCUT2D eigenvalue weighted by Crippen LogP contribution is 2.56. The number of primary amides is 2. The summed E-state index contributed by atoms with van der Waals surface area (Å²) in [6.45, 7) is 13.9. The molecule has 14 aliphatic rings. The third-order valence-corrected chi connectivity index (χ3v) is 34.7. The van der Waals surface area contributed by atoms with Crippen molar-refractivity contribution in [3.05, 3.63) is 144 Å². The van der Waals surface area contributed by atoms with Gasteiger partial charge in [-0.2, -0.15) is 0 Å². The average Bonchev–Trinajstić information content (AvgIpc) is 0.733. The van der Waals surface area contributed by atoms with Crippen LogP contribution in [0.15, 0.2) is 121 Å². The summed E-state index contributed by atoms with van der Waals surface area (Å²) >= 11 is 0. The number of ketones is 6. The fourth-order valence-electron chi connectivity index (χ4n) is 24.5. The number of halogens is 1. The molecule has 2 heterocycles. The SMILES string of the molecule is C.CC(=O)[C@H](CCC(=O)O)N1CC2(CCC(C)CC2)C1=O.CCN(Cc1ccccc1)C1CCC2(CCC2=O)CC1.CN(Cc1ccccc1)C1CCC2(CCC2=O)CC1.C[C@@H](O)[C@@H](C(N)=O)N(C)C1CCC2(CCC2=O)CC1.C[C@@H](O)[C@H](NC1CCC2(CCC2=O)CC1)C(N)=O.Cl.O=C1CCC12CCC(CCc1ccccc1)CC2.O=C1N(OCc2ccccc2)CC12CCC(O)CC2. The highest BCUT2D eigenvalue weighted by molar-refractivity contribution is 5.95. The van der Waals surface area contributed by atoms with E-state index in [9.17, 15) is 68.1 Å². The highest BCUT2D eigenvalue weighted by atomic mass is 35.5. The molecule has 7 spiro atoms. The minimum Gasteiger partial charge on any atom is -0.481 e. The number of rotatable bonds is 26. The van der Waals surface area contributed by atoms with Gasteiger partial charge < -0.3 is 42.1 Å². The van der Waals surface area contributed by atoms with Gasteiger partial charge in [0.2, 0.25) is 17.7 Å². The molecule has 24 nitrogen and oxygen atoms in total. The van der Waals surface area contributed by atoms with Crippen molar-refractivity contribution in [3.63, 3.8) is 0 Å². The Morgan fingerprint density at radius 1 is 0.481 bits per heavy atom. The van der Waals surface area contributed by atoms with E-state index in [-0.39, 0.29) is 106 Å². The first kappa shape index (κ1) is 109. The summed E-state index contributed by atoms with van der Waals surface area (Å²) in [6.07, 6.45) is 38.8. The molecule has 25 heteroatoms. The lowest BCUT2D eigenvalue weighted by Gasteiger charge is -2.54. The van der Waals surface area contributed by atoms with Crippen LogP contribution in [-0.2, 0) is 83.7 Å². The summed E-state index contributed by atoms with van der Waals surface area (Å²) in [5.41, 5.74) is 15.7. The number of aliphatic hydroxyl groups is 3. The van der Waals surface area contributed by atoms with Gasteiger partial charge in [0.15, 0.2) is 5.78 Å². The van der Waals surface area contributed by atoms with Gasteiger partial charge in [0.25, 0.3) is 5.91 Å². The molecule has 4 aromatic carbocycles. The molecule has 746 valence electrons. The maximum atomic E-state index is 12.5. The number of carboxylic acids is 1. The van der Waals surface area contributed by atoms with Crippen LogP contribution in [0.25, 0.3) is 0 Å². The molecule has 0 bridgehead atoms. The molecule has 18 rings (SSSR count). The number of aryl methyl sites for hydroxylation is 1. The number of aliphatic carboxylic acids is 1. The second-order valence-electron chi connectivity index (χ2n) is 43.0. The van der Waals surface area contributed by atoms with Gasteiger partial charge in [0.1, 0.15) is 47.6 Å². The van der Waals surface area contributed by atoms with Crippen molar-refractivity contribution in [1.29, 1.82) is 0 Å². The Bertz CT molecular complexity index is 4520. The molecule has 2 saturated heterocycles. The number of hydroxylamine groups is 2. The fraction of sp³-hybridized carbons (Fsp3) is 0.682. The van der Waals surface area contributed by atoms with Crippen molar-refractivity contribution in [3.8, 4) is 0 Å². The topological polar surface area (TPSA) is 358 Å². The number of hydrogen-bond donors (Lipinski definition) is 7. The van der Waals surface area contributed by atoms with Gasteiger partial charge in [0, 0.05) is 109 Å². The summed E-state index contributed by atoms with van der Waals surface area (Å²) in [5.74, 6) is 2.10. The highest BCUT2D eigenvalue weighted by Gasteiger charge is 2.58. The predicted molar refractivity (Wildman–Crippen MR) is 527 cm³/mol. The van der Waals surface area contributed by atoms with Gasteiger partial charge in [-0.15, -0.1) is 12.4 Å². The van der Waals surface area contributed by atoms with E-state index in [4.69, 9.17) is 21.4 Å². The van der Waals surface area contributed by atoms with E-state index in [0.717, 1.165) is 217 Å². The number of likely N-dealkylation sites (tertiary alicyclic amines) is 1. The van der Waals surface area contributed by atoms with Crippen LogP contribution in [0.5, 0.6) is 0 Å². The number of likely N-dealkylation sites (N-methyl/N-ethyl adjacent to an activating group) is 1. The van der Waals surface area contributed by atoms with Gasteiger partial charge in [-0.05, 0) is 307 Å². The van der Waals surface area contributed by atoms with E-state index in [1.807, 2.05) is 42.3 Å². The quantitative estimate of drug-likeness (QED) is 0.0287. The van der Waals surface area contributed by atoms with E-state index in [2.05, 4.69) is 127 Å². The van der Waals surface area contributed by atoms with Crippen molar-refractivity contribution >= 4 is 76.7 Å². The molecule has 4 aromatic rings. The van der Waals surface area contributed by atoms with Crippen LogP contribution in [0.2, 0.25) is 0 Å². The minimum atomic E-state index is -0.926. The smallest absolute Gasteiger partial charge is 0.303 e. The molecule has 0 radical (unpaired) electrons. The summed E-state index contributed by atoms with van der Waals surface area (Å²) in [5, 5.41) is 42.0. The van der Waals surface area contributed by atoms with E-state index < -0.39 is 48.1 Å². The minimum absolute atomic E-state index is 0. The van der Waals surface area contributed by atoms with Gasteiger partial charge in [0.05, 0.1) is 41.7 Å². The Morgan fingerprint density at radius 3 is 1.24 bits per heavy atom. The van der Waals surface area contributed by atoms with Crippen LogP contribution >= 0.6 is 12.4 Å². The van der Waals surface area contributed by atoms with Crippen molar-refractivity contribution < 1.29 is 78.0 Å². The first-order valence-corrected chi connectivity index (χ1v) is 50.9. The lowest BCUT2D eigenvalue weighted by atomic mass is 9.58. The maximum absolute atomic E-state index is 12.5. The molecule has 5 atom stereocenters. The second-order valence-corrected chi connectivity index (χ2v) is 43.0. The lowest BCUT2D eigenvalue weighted by molar-refractivity contribution is -0.248. The summed E-state index contributed by atoms with van der Waals surface area (Å²) in [4.78, 5) is 142. The van der Waals surface area contributed by atoms with Crippen LogP contribution in [0.1, 0.15) is 328 Å². The van der Waals surface area contributed by atoms with Gasteiger partial charge in [-0.3, -0.25) is 72.3 Å². The van der Waals surface area contributed by atoms with E-state index in [1.165, 1.54) is 99.3 Å². The molecule has 4 amide bonds. The molecular weight excluding hydrogens is 1720 g/mol. The van der Waals surface area contributed by atoms with Crippen molar-refractivity contribution in [1.82, 2.24) is 30.0 Å². The van der Waals surface area contributed by atoms with Crippen LogP contribution in [0.3, 0.4) is 0 Å². The first-order chi connectivity index (χ1) is 63.6. The molecule has 0 unspecified atom stereocenters. The Balaban J connectivity index is 0.000000163. The lowest BCUT2D eigenvalue weighted by Crippen LogP contribution is -2.66. The standard InChI is InChI=1S/C18H25NO.C17H23NO.C17H22O.C15H23NO4.C15H19NO3.C14H24N2O3.C13H22N2O3.CH4.ClH/c1-2-19(14-15-6-4-3-5-7-15)16-8-11-18(12-9-16)13-10-17(18)20;1-18(13-14-5-3-2-4-6-14)15-7-10-17(11-8-15)12-9-16(17)19;18-16-10-13-17(16)11-8-15(9-12-17)7-6-14-4-2-1-3-5-14;1-10-5-7-15(8-6-10)9-16(14(15)20)12(11(2)17)3-4-13(18)19;17-13-6-8-15(9-7-13)11-16(14(15)18)19-10-12-4-2-1-3-5-12;1-9(17)12(13(15)19)16(2)10-3-6-14(7-4-10)8-5-11(14)18;1-8(16)11(12(14)18)15-9-2-5-13(6-3-9)7-4-10(13)17;;/h3-7,16H,2,8-14H2,1H3;2-6,15H,7-13H2,1H3;1-5,15H,6-13H2;10,12H,3-9H2,1-2H3,(H,18,19);1-5,13,17H,6-11H2;9-10,12,17H,3-8H2,1-2H3,(H2,15,19);8-9,11,15-16H,2-7H2,1H3,(H2,14,18);1H4;1H/t;;;10?,12-,15?;;9-,10?,12+,14?;8-,9?,11+,13?;;/m...0.11../s1. The zero-order chi connectivity index (χ0) is 95.5. The molecule has 14 fully saturated rings. The first-order valence-electron chi connectivity index (χ1n) is 50.9. The number of β-lactam (4-membered cyclic amide) rings is 2. The van der Waals surface area contributed by atoms with Gasteiger partial charge >= 0.3 is 5.97 Å². The number of carboxylic acid groups (broad SMARTS) is 1. The van der Waals surface area contributed by atoms with Crippen molar-refractivity contribution in [2.45, 2.75) is 392 Å². The van der Waals surface area contributed by atoms with Gasteiger partial charge in [-0.25, -0.2) is 5.06 Å². The number of Topliss-reactive ketones (excluding diaryl/α,β-unsaturated/α-hetero) is 6. The Morgan fingerprint density at radius 2 is 0.867 bits per heavy atom. The Kier molecular flexibility index (Phi) is 39.9. The van der Waals surface area contributed by atoms with Gasteiger partial charge in [-0.1, -0.05) is 143 Å². The maximum Gasteiger partial charge on any atom is 0.303 e. The normalized spacial score (nSPS) is 31.2. The fourth-order valence-corrected chi connectivity index (χ4v) is 24.5. The number of nitrogens with one attached hydrogen (secondary N) is 1.